The minimum atomic E-state index is 0.102. The zero-order valence-corrected chi connectivity index (χ0v) is 16.7. The van der Waals surface area contributed by atoms with Gasteiger partial charge in [0.05, 0.1) is 36.2 Å². The molecule has 0 bridgehead atoms. The van der Waals surface area contributed by atoms with Crippen LogP contribution in [0.25, 0.3) is 10.9 Å². The number of benzene rings is 1. The SMILES string of the molecule is O=c1c2ccc(N3CCN(CCn4nccn4)CC3)cc2ncn1C1CCCC1. The molecule has 2 aromatic heterocycles. The highest BCUT2D eigenvalue weighted by Gasteiger charge is 2.20. The highest BCUT2D eigenvalue weighted by atomic mass is 16.1. The Morgan fingerprint density at radius 2 is 1.72 bits per heavy atom. The lowest BCUT2D eigenvalue weighted by atomic mass is 10.1. The minimum Gasteiger partial charge on any atom is -0.369 e. The van der Waals surface area contributed by atoms with Crippen molar-refractivity contribution in [2.24, 2.45) is 0 Å². The average Bonchev–Trinajstić information content (AvgIpc) is 3.47. The molecule has 2 fully saturated rings. The van der Waals surface area contributed by atoms with Crippen LogP contribution in [0, 0.1) is 0 Å². The van der Waals surface area contributed by atoms with Gasteiger partial charge in [0.1, 0.15) is 0 Å². The van der Waals surface area contributed by atoms with Crippen LogP contribution in [0.3, 0.4) is 0 Å². The molecule has 3 heterocycles. The van der Waals surface area contributed by atoms with Crippen molar-refractivity contribution in [3.05, 3.63) is 47.3 Å². The van der Waals surface area contributed by atoms with Gasteiger partial charge in [-0.1, -0.05) is 12.8 Å². The van der Waals surface area contributed by atoms with Crippen LogP contribution >= 0.6 is 0 Å². The van der Waals surface area contributed by atoms with Gasteiger partial charge in [0.15, 0.2) is 0 Å². The second-order valence-corrected chi connectivity index (χ2v) is 8.05. The molecule has 29 heavy (non-hydrogen) atoms. The molecule has 1 saturated carbocycles. The number of anilines is 1. The van der Waals surface area contributed by atoms with Gasteiger partial charge in [-0.25, -0.2) is 4.98 Å². The van der Waals surface area contributed by atoms with Crippen LogP contribution in [-0.2, 0) is 6.54 Å². The second-order valence-electron chi connectivity index (χ2n) is 8.05. The van der Waals surface area contributed by atoms with Crippen molar-refractivity contribution >= 4 is 16.6 Å². The highest BCUT2D eigenvalue weighted by Crippen LogP contribution is 2.28. The quantitative estimate of drug-likeness (QED) is 0.660. The summed E-state index contributed by atoms with van der Waals surface area (Å²) in [5.74, 6) is 0. The molecule has 3 aromatic rings. The Kier molecular flexibility index (Phi) is 5.01. The molecule has 1 saturated heterocycles. The summed E-state index contributed by atoms with van der Waals surface area (Å²) in [7, 11) is 0. The molecule has 8 heteroatoms. The summed E-state index contributed by atoms with van der Waals surface area (Å²) in [5, 5.41) is 9.06. The van der Waals surface area contributed by atoms with Gasteiger partial charge in [-0.3, -0.25) is 14.3 Å². The molecule has 0 spiro atoms. The Balaban J connectivity index is 1.26. The van der Waals surface area contributed by atoms with E-state index in [0.29, 0.717) is 6.04 Å². The van der Waals surface area contributed by atoms with E-state index >= 15 is 0 Å². The maximum Gasteiger partial charge on any atom is 0.261 e. The van der Waals surface area contributed by atoms with E-state index in [1.807, 2.05) is 10.6 Å². The molecule has 0 unspecified atom stereocenters. The summed E-state index contributed by atoms with van der Waals surface area (Å²) < 4.78 is 1.85. The number of hydrogen-bond acceptors (Lipinski definition) is 6. The van der Waals surface area contributed by atoms with Gasteiger partial charge in [0.2, 0.25) is 0 Å². The molecular formula is C21H27N7O. The van der Waals surface area contributed by atoms with Crippen molar-refractivity contribution in [2.45, 2.75) is 38.3 Å². The summed E-state index contributed by atoms with van der Waals surface area (Å²) >= 11 is 0. The lowest BCUT2D eigenvalue weighted by Crippen LogP contribution is -2.47. The van der Waals surface area contributed by atoms with E-state index in [1.165, 1.54) is 12.8 Å². The van der Waals surface area contributed by atoms with Crippen LogP contribution < -0.4 is 10.5 Å². The number of rotatable bonds is 5. The van der Waals surface area contributed by atoms with E-state index < -0.39 is 0 Å². The van der Waals surface area contributed by atoms with Crippen LogP contribution in [0.5, 0.6) is 0 Å². The molecule has 2 aliphatic rings. The molecule has 1 aliphatic heterocycles. The van der Waals surface area contributed by atoms with E-state index in [4.69, 9.17) is 0 Å². The number of piperazine rings is 1. The third-order valence-electron chi connectivity index (χ3n) is 6.31. The van der Waals surface area contributed by atoms with Crippen molar-refractivity contribution in [3.8, 4) is 0 Å². The normalized spacial score (nSPS) is 18.7. The zero-order valence-electron chi connectivity index (χ0n) is 16.7. The number of aromatic nitrogens is 5. The predicted molar refractivity (Wildman–Crippen MR) is 112 cm³/mol. The lowest BCUT2D eigenvalue weighted by Gasteiger charge is -2.36. The largest absolute Gasteiger partial charge is 0.369 e. The Morgan fingerprint density at radius 3 is 2.48 bits per heavy atom. The standard InChI is InChI=1S/C21H27N7O/c29-21-19-6-5-18(15-20(19)22-16-27(21)17-3-1-2-4-17)26-12-9-25(10-13-26)11-14-28-23-7-8-24-28/h5-8,15-17H,1-4,9-14H2. The van der Waals surface area contributed by atoms with Crippen molar-refractivity contribution in [1.29, 1.82) is 0 Å². The molecule has 0 radical (unpaired) electrons. The number of nitrogens with zero attached hydrogens (tertiary/aromatic N) is 7. The van der Waals surface area contributed by atoms with E-state index in [9.17, 15) is 4.79 Å². The van der Waals surface area contributed by atoms with Crippen LogP contribution in [0.2, 0.25) is 0 Å². The van der Waals surface area contributed by atoms with Gasteiger partial charge in [0, 0.05) is 44.5 Å². The molecule has 0 atom stereocenters. The monoisotopic (exact) mass is 393 g/mol. The molecular weight excluding hydrogens is 366 g/mol. The second kappa shape index (κ2) is 7.94. The average molecular weight is 393 g/mol. The first-order chi connectivity index (χ1) is 14.3. The minimum absolute atomic E-state index is 0.102. The van der Waals surface area contributed by atoms with Gasteiger partial charge in [0.25, 0.3) is 5.56 Å². The first-order valence-electron chi connectivity index (χ1n) is 10.6. The molecule has 0 amide bonds. The van der Waals surface area contributed by atoms with E-state index in [2.05, 4.69) is 37.1 Å². The fraction of sp³-hybridized carbons (Fsp3) is 0.524. The maximum absolute atomic E-state index is 12.9. The van der Waals surface area contributed by atoms with E-state index in [0.717, 1.165) is 68.7 Å². The molecule has 5 rings (SSSR count). The number of fused-ring (bicyclic) bond motifs is 1. The molecule has 8 nitrogen and oxygen atoms in total. The molecule has 152 valence electrons. The predicted octanol–water partition coefficient (Wildman–Crippen LogP) is 1.93. The fourth-order valence-electron chi connectivity index (χ4n) is 4.58. The topological polar surface area (TPSA) is 72.1 Å². The summed E-state index contributed by atoms with van der Waals surface area (Å²) in [6.45, 7) is 5.74. The first kappa shape index (κ1) is 18.3. The smallest absolute Gasteiger partial charge is 0.261 e. The molecule has 1 aromatic carbocycles. The fourth-order valence-corrected chi connectivity index (χ4v) is 4.58. The summed E-state index contributed by atoms with van der Waals surface area (Å²) in [5.41, 5.74) is 2.05. The van der Waals surface area contributed by atoms with Crippen LogP contribution in [0.15, 0.2) is 41.7 Å². The van der Waals surface area contributed by atoms with E-state index in [-0.39, 0.29) is 5.56 Å². The molecule has 0 N–H and O–H groups in total. The van der Waals surface area contributed by atoms with Gasteiger partial charge >= 0.3 is 0 Å². The zero-order chi connectivity index (χ0) is 19.6. The van der Waals surface area contributed by atoms with E-state index in [1.54, 1.807) is 23.5 Å². The first-order valence-corrected chi connectivity index (χ1v) is 10.6. The van der Waals surface area contributed by atoms with Crippen LogP contribution in [0.4, 0.5) is 5.69 Å². The lowest BCUT2D eigenvalue weighted by molar-refractivity contribution is 0.239. The van der Waals surface area contributed by atoms with Crippen LogP contribution in [0.1, 0.15) is 31.7 Å². The Hall–Kier alpha value is -2.74. The molecule has 1 aliphatic carbocycles. The third kappa shape index (κ3) is 3.76. The Morgan fingerprint density at radius 1 is 0.966 bits per heavy atom. The van der Waals surface area contributed by atoms with Crippen molar-refractivity contribution < 1.29 is 0 Å². The van der Waals surface area contributed by atoms with Gasteiger partial charge in [-0.15, -0.1) is 0 Å². The van der Waals surface area contributed by atoms with Gasteiger partial charge < -0.3 is 4.90 Å². The van der Waals surface area contributed by atoms with Crippen LogP contribution in [-0.4, -0.2) is 62.2 Å². The summed E-state index contributed by atoms with van der Waals surface area (Å²) in [6, 6.07) is 6.43. The highest BCUT2D eigenvalue weighted by molar-refractivity contribution is 5.81. The van der Waals surface area contributed by atoms with Gasteiger partial charge in [-0.05, 0) is 31.0 Å². The third-order valence-corrected chi connectivity index (χ3v) is 6.31. The summed E-state index contributed by atoms with van der Waals surface area (Å²) in [4.78, 5) is 24.1. The maximum atomic E-state index is 12.9. The van der Waals surface area contributed by atoms with Crippen molar-refractivity contribution in [1.82, 2.24) is 29.4 Å². The number of hydrogen-bond donors (Lipinski definition) is 0. The van der Waals surface area contributed by atoms with Gasteiger partial charge in [-0.2, -0.15) is 15.0 Å². The van der Waals surface area contributed by atoms with Crippen molar-refractivity contribution in [2.75, 3.05) is 37.6 Å². The Labute approximate surface area is 169 Å². The Bertz CT molecular complexity index is 1020. The van der Waals surface area contributed by atoms with Crippen molar-refractivity contribution in [3.63, 3.8) is 0 Å². The summed E-state index contributed by atoms with van der Waals surface area (Å²) in [6.07, 6.45) is 9.78.